The lowest BCUT2D eigenvalue weighted by Gasteiger charge is -2.09. The smallest absolute Gasteiger partial charge is 0.182 e. The van der Waals surface area contributed by atoms with Gasteiger partial charge in [0.2, 0.25) is 0 Å². The Kier molecular flexibility index (Phi) is 3.95. The first-order valence-electron chi connectivity index (χ1n) is 5.11. The zero-order valence-electron chi connectivity index (χ0n) is 9.09. The van der Waals surface area contributed by atoms with Crippen LogP contribution in [-0.4, -0.2) is 11.6 Å². The number of benzene rings is 1. The Labute approximate surface area is 103 Å². The minimum atomic E-state index is 0.0638. The molecule has 1 aromatic heterocycles. The lowest BCUT2D eigenvalue weighted by molar-refractivity contribution is 0.364. The molecule has 4 nitrogen and oxygen atoms in total. The Morgan fingerprint density at radius 1 is 1.41 bits per heavy atom. The Hall–Kier alpha value is -2.06. The Balaban J connectivity index is 2.02. The lowest BCUT2D eigenvalue weighted by Crippen LogP contribution is -2.03. The number of hydrogen-bond acceptors (Lipinski definition) is 5. The highest BCUT2D eigenvalue weighted by molar-refractivity contribution is 7.13. The molecular weight excluding hydrogens is 234 g/mol. The maximum Gasteiger partial charge on any atom is 0.182 e. The summed E-state index contributed by atoms with van der Waals surface area (Å²) in [4.78, 5) is 4.14. The van der Waals surface area contributed by atoms with Crippen LogP contribution in [0.4, 0.5) is 5.13 Å². The number of ether oxygens (including phenoxy) is 1. The van der Waals surface area contributed by atoms with E-state index in [2.05, 4.69) is 10.3 Å². The molecule has 0 spiro atoms. The maximum atomic E-state index is 8.50. The molecule has 2 aromatic rings. The van der Waals surface area contributed by atoms with Crippen LogP contribution >= 0.6 is 11.3 Å². The van der Waals surface area contributed by atoms with Gasteiger partial charge in [0.15, 0.2) is 11.7 Å². The van der Waals surface area contributed by atoms with Crippen LogP contribution in [0.3, 0.4) is 0 Å². The van der Waals surface area contributed by atoms with Gasteiger partial charge in [0.05, 0.1) is 0 Å². The third-order valence-electron chi connectivity index (χ3n) is 2.13. The Morgan fingerprint density at radius 3 is 3.06 bits per heavy atom. The summed E-state index contributed by atoms with van der Waals surface area (Å²) in [5.74, 6) is 0.734. The molecule has 1 N–H and O–H groups in total. The number of hydrogen-bond donors (Lipinski definition) is 1. The first kappa shape index (κ1) is 11.4. The number of nitrogens with zero attached hydrogens (tertiary/aromatic N) is 2. The summed E-state index contributed by atoms with van der Waals surface area (Å²) in [5, 5.41) is 14.5. The summed E-state index contributed by atoms with van der Waals surface area (Å²) in [7, 11) is 0. The molecule has 5 heteroatoms. The number of nitrogens with one attached hydrogen (secondary N) is 1. The van der Waals surface area contributed by atoms with Crippen LogP contribution in [0.5, 0.6) is 5.75 Å². The molecule has 0 amide bonds. The fourth-order valence-electron chi connectivity index (χ4n) is 1.38. The predicted molar refractivity (Wildman–Crippen MR) is 67.0 cm³/mol. The van der Waals surface area contributed by atoms with Gasteiger partial charge < -0.3 is 10.1 Å². The summed E-state index contributed by atoms with van der Waals surface area (Å²) < 4.78 is 5.34. The van der Waals surface area contributed by atoms with Crippen molar-refractivity contribution in [2.75, 3.05) is 11.9 Å². The molecule has 86 valence electrons. The molecule has 0 aliphatic carbocycles. The predicted octanol–water partition coefficient (Wildman–Crippen LogP) is 2.66. The van der Waals surface area contributed by atoms with Gasteiger partial charge in [-0.25, -0.2) is 4.98 Å². The van der Waals surface area contributed by atoms with E-state index < -0.39 is 0 Å². The number of para-hydroxylation sites is 1. The number of rotatable bonds is 5. The van der Waals surface area contributed by atoms with Gasteiger partial charge >= 0.3 is 0 Å². The fourth-order valence-corrected chi connectivity index (χ4v) is 1.91. The molecule has 0 saturated carbocycles. The fraction of sp³-hybridized carbons (Fsp3) is 0.167. The third-order valence-corrected chi connectivity index (χ3v) is 2.86. The molecule has 0 aliphatic heterocycles. The van der Waals surface area contributed by atoms with Crippen LogP contribution in [0, 0.1) is 11.3 Å². The van der Waals surface area contributed by atoms with E-state index in [4.69, 9.17) is 10.00 Å². The topological polar surface area (TPSA) is 57.9 Å². The quantitative estimate of drug-likeness (QED) is 0.879. The summed E-state index contributed by atoms with van der Waals surface area (Å²) in [6.45, 7) is 0.698. The van der Waals surface area contributed by atoms with Crippen molar-refractivity contribution in [3.8, 4) is 11.8 Å². The summed E-state index contributed by atoms with van der Waals surface area (Å²) in [6, 6.07) is 9.61. The van der Waals surface area contributed by atoms with Gasteiger partial charge in [-0.3, -0.25) is 0 Å². The van der Waals surface area contributed by atoms with Crippen molar-refractivity contribution >= 4 is 16.5 Å². The molecule has 0 bridgehead atoms. The van der Waals surface area contributed by atoms with E-state index in [0.717, 1.165) is 16.4 Å². The van der Waals surface area contributed by atoms with Crippen LogP contribution in [0.15, 0.2) is 35.8 Å². The summed E-state index contributed by atoms with van der Waals surface area (Å²) in [6.07, 6.45) is 1.76. The molecule has 0 aliphatic rings. The molecule has 2 rings (SSSR count). The van der Waals surface area contributed by atoms with Gasteiger partial charge in [-0.05, 0) is 6.07 Å². The van der Waals surface area contributed by atoms with Crippen molar-refractivity contribution in [3.05, 3.63) is 41.4 Å². The highest BCUT2D eigenvalue weighted by Gasteiger charge is 2.03. The van der Waals surface area contributed by atoms with Crippen LogP contribution in [0.2, 0.25) is 0 Å². The van der Waals surface area contributed by atoms with Gasteiger partial charge in [-0.2, -0.15) is 5.26 Å². The number of nitriles is 1. The van der Waals surface area contributed by atoms with Crippen molar-refractivity contribution in [1.29, 1.82) is 5.26 Å². The van der Waals surface area contributed by atoms with Crippen molar-refractivity contribution in [3.63, 3.8) is 0 Å². The molecule has 1 heterocycles. The van der Waals surface area contributed by atoms with E-state index in [9.17, 15) is 0 Å². The van der Waals surface area contributed by atoms with Gasteiger partial charge in [0.1, 0.15) is 11.8 Å². The normalized spacial score (nSPS) is 9.59. The average Bonchev–Trinajstić information content (AvgIpc) is 2.88. The molecule has 17 heavy (non-hydrogen) atoms. The second kappa shape index (κ2) is 5.87. The SMILES string of the molecule is N#CCOc1ccccc1CNc1nccs1. The average molecular weight is 245 g/mol. The van der Waals surface area contributed by atoms with E-state index in [1.807, 2.05) is 35.7 Å². The summed E-state index contributed by atoms with van der Waals surface area (Å²) in [5.41, 5.74) is 1.01. The highest BCUT2D eigenvalue weighted by Crippen LogP contribution is 2.20. The first-order valence-corrected chi connectivity index (χ1v) is 5.99. The van der Waals surface area contributed by atoms with Crippen molar-refractivity contribution in [1.82, 2.24) is 4.98 Å². The number of anilines is 1. The van der Waals surface area contributed by atoms with E-state index in [0.29, 0.717) is 6.54 Å². The molecule has 0 radical (unpaired) electrons. The van der Waals surface area contributed by atoms with Gasteiger partial charge in [-0.15, -0.1) is 11.3 Å². The highest BCUT2D eigenvalue weighted by atomic mass is 32.1. The van der Waals surface area contributed by atoms with E-state index in [1.165, 1.54) is 0 Å². The number of aromatic nitrogens is 1. The monoisotopic (exact) mass is 245 g/mol. The maximum absolute atomic E-state index is 8.50. The summed E-state index contributed by atoms with van der Waals surface area (Å²) >= 11 is 1.55. The molecule has 0 atom stereocenters. The van der Waals surface area contributed by atoms with Gasteiger partial charge in [0.25, 0.3) is 0 Å². The molecule has 1 aromatic carbocycles. The Morgan fingerprint density at radius 2 is 2.29 bits per heavy atom. The zero-order valence-corrected chi connectivity index (χ0v) is 9.91. The van der Waals surface area contributed by atoms with Crippen molar-refractivity contribution in [2.24, 2.45) is 0 Å². The largest absolute Gasteiger partial charge is 0.478 e. The first-order chi connectivity index (χ1) is 8.40. The molecular formula is C12H11N3OS. The lowest BCUT2D eigenvalue weighted by atomic mass is 10.2. The van der Waals surface area contributed by atoms with Crippen molar-refractivity contribution < 1.29 is 4.74 Å². The molecule has 0 unspecified atom stereocenters. The van der Waals surface area contributed by atoms with Crippen LogP contribution < -0.4 is 10.1 Å². The number of thiazole rings is 1. The molecule has 0 fully saturated rings. The van der Waals surface area contributed by atoms with Crippen LogP contribution in [0.1, 0.15) is 5.56 Å². The minimum Gasteiger partial charge on any atom is -0.478 e. The second-order valence-electron chi connectivity index (χ2n) is 3.25. The third kappa shape index (κ3) is 3.20. The minimum absolute atomic E-state index is 0.0638. The second-order valence-corrected chi connectivity index (χ2v) is 4.14. The standard InChI is InChI=1S/C12H11N3OS/c13-5-7-16-11-4-2-1-3-10(11)9-15-12-14-6-8-17-12/h1-4,6,8H,7,9H2,(H,14,15). The van der Waals surface area contributed by atoms with Gasteiger partial charge in [0, 0.05) is 23.7 Å². The van der Waals surface area contributed by atoms with E-state index in [1.54, 1.807) is 17.5 Å². The van der Waals surface area contributed by atoms with E-state index in [-0.39, 0.29) is 6.61 Å². The Bertz CT molecular complexity index is 505. The van der Waals surface area contributed by atoms with Crippen LogP contribution in [0.25, 0.3) is 0 Å². The van der Waals surface area contributed by atoms with Crippen molar-refractivity contribution in [2.45, 2.75) is 6.54 Å². The van der Waals surface area contributed by atoms with Gasteiger partial charge in [-0.1, -0.05) is 18.2 Å². The van der Waals surface area contributed by atoms with Crippen LogP contribution in [-0.2, 0) is 6.54 Å². The molecule has 0 saturated heterocycles. The zero-order chi connectivity index (χ0) is 11.9. The van der Waals surface area contributed by atoms with E-state index >= 15 is 0 Å².